The molecule has 6 rings (SSSR count). The summed E-state index contributed by atoms with van der Waals surface area (Å²) in [6.45, 7) is 4.91. The second-order valence-electron chi connectivity index (χ2n) is 10.5. The smallest absolute Gasteiger partial charge is 0.166 e. The number of hydrogen-bond acceptors (Lipinski definition) is 7. The normalized spacial score (nSPS) is 19.6. The summed E-state index contributed by atoms with van der Waals surface area (Å²) >= 11 is 12.7. The maximum Gasteiger partial charge on any atom is 0.166 e. The molecule has 39 heavy (non-hydrogen) atoms. The quantitative estimate of drug-likeness (QED) is 0.288. The van der Waals surface area contributed by atoms with E-state index in [0.29, 0.717) is 52.3 Å². The van der Waals surface area contributed by atoms with Crippen LogP contribution in [0.5, 0.6) is 5.75 Å². The average Bonchev–Trinajstić information content (AvgIpc) is 3.26. The van der Waals surface area contributed by atoms with Crippen molar-refractivity contribution in [3.63, 3.8) is 0 Å². The van der Waals surface area contributed by atoms with Crippen molar-refractivity contribution in [1.29, 1.82) is 0 Å². The van der Waals surface area contributed by atoms with Crippen LogP contribution in [-0.2, 0) is 4.74 Å². The molecule has 4 aromatic rings. The summed E-state index contributed by atoms with van der Waals surface area (Å²) < 4.78 is 29.4. The van der Waals surface area contributed by atoms with E-state index in [0.717, 1.165) is 30.2 Å². The first-order chi connectivity index (χ1) is 18.7. The van der Waals surface area contributed by atoms with E-state index in [4.69, 9.17) is 37.8 Å². The van der Waals surface area contributed by atoms with Gasteiger partial charge in [-0.25, -0.2) is 14.1 Å². The topological polar surface area (TPSA) is 85.5 Å². The van der Waals surface area contributed by atoms with Crippen molar-refractivity contribution in [2.24, 2.45) is 0 Å². The van der Waals surface area contributed by atoms with E-state index in [1.54, 1.807) is 18.0 Å². The fourth-order valence-electron chi connectivity index (χ4n) is 5.33. The van der Waals surface area contributed by atoms with Gasteiger partial charge >= 0.3 is 0 Å². The van der Waals surface area contributed by atoms with Gasteiger partial charge < -0.3 is 19.5 Å². The van der Waals surface area contributed by atoms with Crippen molar-refractivity contribution in [3.8, 4) is 17.0 Å². The number of pyridine rings is 2. The number of aliphatic hydroxyl groups is 1. The van der Waals surface area contributed by atoms with Gasteiger partial charge in [-0.2, -0.15) is 5.10 Å². The minimum Gasteiger partial charge on any atom is -0.486 e. The lowest BCUT2D eigenvalue weighted by molar-refractivity contribution is -0.0365. The van der Waals surface area contributed by atoms with Gasteiger partial charge in [-0.05, 0) is 57.4 Å². The van der Waals surface area contributed by atoms with E-state index in [-0.39, 0.29) is 12.0 Å². The van der Waals surface area contributed by atoms with Crippen molar-refractivity contribution in [3.05, 3.63) is 64.3 Å². The number of nitrogens with zero attached hydrogens (tertiary/aromatic N) is 5. The summed E-state index contributed by atoms with van der Waals surface area (Å²) in [7, 11) is 0. The van der Waals surface area contributed by atoms with Crippen LogP contribution in [0.25, 0.3) is 22.2 Å². The lowest BCUT2D eigenvalue weighted by atomic mass is 9.97. The number of β-amino-alcohol motifs (C(OH)–C–C–N with tert-alkyl or cyclic N) is 1. The number of hydrogen-bond donors (Lipinski definition) is 1. The zero-order chi connectivity index (χ0) is 27.3. The van der Waals surface area contributed by atoms with Crippen LogP contribution in [0, 0.1) is 5.82 Å². The van der Waals surface area contributed by atoms with Crippen LogP contribution in [0.4, 0.5) is 10.2 Å². The van der Waals surface area contributed by atoms with Crippen LogP contribution in [0.15, 0.2) is 42.9 Å². The Morgan fingerprint density at radius 3 is 2.59 bits per heavy atom. The summed E-state index contributed by atoms with van der Waals surface area (Å²) in [5.74, 6) is 0.327. The highest BCUT2D eigenvalue weighted by Crippen LogP contribution is 2.38. The molecule has 0 saturated carbocycles. The lowest BCUT2D eigenvalue weighted by Gasteiger charge is -2.44. The highest BCUT2D eigenvalue weighted by Gasteiger charge is 2.38. The van der Waals surface area contributed by atoms with Crippen molar-refractivity contribution >= 4 is 39.9 Å². The van der Waals surface area contributed by atoms with E-state index >= 15 is 4.39 Å². The Labute approximate surface area is 235 Å². The molecule has 3 aromatic heterocycles. The first-order valence-corrected chi connectivity index (χ1v) is 13.7. The van der Waals surface area contributed by atoms with E-state index in [1.165, 1.54) is 18.5 Å². The number of ether oxygens (including phenoxy) is 2. The molecule has 0 radical (unpaired) electrons. The largest absolute Gasteiger partial charge is 0.486 e. The number of halogens is 3. The summed E-state index contributed by atoms with van der Waals surface area (Å²) in [6.07, 6.45) is 6.91. The lowest BCUT2D eigenvalue weighted by Crippen LogP contribution is -2.60. The number of aromatic nitrogens is 4. The van der Waals surface area contributed by atoms with Crippen LogP contribution in [0.3, 0.4) is 0 Å². The van der Waals surface area contributed by atoms with Crippen molar-refractivity contribution < 1.29 is 19.0 Å². The first-order valence-electron chi connectivity index (χ1n) is 12.9. The fourth-order valence-corrected chi connectivity index (χ4v) is 6.01. The molecular formula is C28H28Cl2FN5O3. The Hall–Kier alpha value is -2.98. The molecule has 2 aliphatic rings. The monoisotopic (exact) mass is 571 g/mol. The molecule has 8 nitrogen and oxygen atoms in total. The molecule has 2 saturated heterocycles. The molecular weight excluding hydrogens is 544 g/mol. The van der Waals surface area contributed by atoms with E-state index in [2.05, 4.69) is 9.97 Å². The number of fused-ring (bicyclic) bond motifs is 1. The SMILES string of the molecule is C[C@@H](Oc1ccc2c(c1)c(-c1cnc(N3CC(C)(O)C3)c(F)c1)nn2C1CCCCO1)c1c(Cl)cncc1Cl. The van der Waals surface area contributed by atoms with Gasteiger partial charge in [-0.1, -0.05) is 23.2 Å². The fraction of sp³-hybridized carbons (Fsp3) is 0.393. The molecule has 1 aromatic carbocycles. The van der Waals surface area contributed by atoms with Crippen LogP contribution < -0.4 is 9.64 Å². The van der Waals surface area contributed by atoms with E-state index in [1.807, 2.05) is 29.8 Å². The first kappa shape index (κ1) is 26.3. The highest BCUT2D eigenvalue weighted by molar-refractivity contribution is 6.35. The molecule has 1 unspecified atom stereocenters. The van der Waals surface area contributed by atoms with Gasteiger partial charge in [0.15, 0.2) is 17.9 Å². The van der Waals surface area contributed by atoms with Crippen LogP contribution in [-0.4, -0.2) is 50.2 Å². The molecule has 5 heterocycles. The molecule has 2 fully saturated rings. The Bertz CT molecular complexity index is 1510. The summed E-state index contributed by atoms with van der Waals surface area (Å²) in [5, 5.41) is 16.6. The zero-order valence-electron chi connectivity index (χ0n) is 21.6. The Morgan fingerprint density at radius 2 is 1.92 bits per heavy atom. The van der Waals surface area contributed by atoms with Crippen molar-refractivity contribution in [2.45, 2.75) is 51.0 Å². The minimum atomic E-state index is -0.833. The van der Waals surface area contributed by atoms with E-state index in [9.17, 15) is 5.11 Å². The van der Waals surface area contributed by atoms with Crippen molar-refractivity contribution in [2.75, 3.05) is 24.6 Å². The Balaban J connectivity index is 1.39. The van der Waals surface area contributed by atoms with Crippen LogP contribution >= 0.6 is 23.2 Å². The second kappa shape index (κ2) is 10.2. The van der Waals surface area contributed by atoms with Gasteiger partial charge in [0.2, 0.25) is 0 Å². The Morgan fingerprint density at radius 1 is 1.15 bits per heavy atom. The van der Waals surface area contributed by atoms with Gasteiger partial charge in [0.1, 0.15) is 17.5 Å². The Kier molecular flexibility index (Phi) is 6.87. The van der Waals surface area contributed by atoms with Gasteiger partial charge in [0, 0.05) is 54.8 Å². The maximum absolute atomic E-state index is 15.2. The van der Waals surface area contributed by atoms with Crippen LogP contribution in [0.1, 0.15) is 51.0 Å². The third-order valence-electron chi connectivity index (χ3n) is 7.17. The minimum absolute atomic E-state index is 0.212. The molecule has 2 aliphatic heterocycles. The van der Waals surface area contributed by atoms with Crippen LogP contribution in [0.2, 0.25) is 10.0 Å². The molecule has 204 valence electrons. The standard InChI is InChI=1S/C28H28Cl2FN5O3/c1-16(25-20(29)12-32-13-21(25)30)39-18-6-7-23-19(10-18)26(34-36(23)24-5-3-4-8-38-24)17-9-22(31)27(33-11-17)35-14-28(2,37)15-35/h6-7,9-13,16,24,37H,3-5,8,14-15H2,1-2H3/t16-,24?/m1/s1. The summed E-state index contributed by atoms with van der Waals surface area (Å²) in [6, 6.07) is 7.12. The van der Waals surface area contributed by atoms with E-state index < -0.39 is 17.5 Å². The molecule has 1 N–H and O–H groups in total. The predicted octanol–water partition coefficient (Wildman–Crippen LogP) is 6.35. The second-order valence-corrected chi connectivity index (χ2v) is 11.3. The van der Waals surface area contributed by atoms with Gasteiger partial charge in [0.05, 0.1) is 21.2 Å². The molecule has 0 aliphatic carbocycles. The number of anilines is 1. The third-order valence-corrected chi connectivity index (χ3v) is 7.78. The summed E-state index contributed by atoms with van der Waals surface area (Å²) in [4.78, 5) is 10.1. The average molecular weight is 572 g/mol. The zero-order valence-corrected chi connectivity index (χ0v) is 23.1. The molecule has 2 atom stereocenters. The van der Waals surface area contributed by atoms with Crippen molar-refractivity contribution in [1.82, 2.24) is 19.7 Å². The summed E-state index contributed by atoms with van der Waals surface area (Å²) in [5.41, 5.74) is 1.77. The highest BCUT2D eigenvalue weighted by atomic mass is 35.5. The molecule has 0 amide bonds. The number of benzene rings is 1. The maximum atomic E-state index is 15.2. The number of rotatable bonds is 6. The predicted molar refractivity (Wildman–Crippen MR) is 148 cm³/mol. The third kappa shape index (κ3) is 5.04. The van der Waals surface area contributed by atoms with Gasteiger partial charge in [-0.3, -0.25) is 4.98 Å². The van der Waals surface area contributed by atoms with Gasteiger partial charge in [0.25, 0.3) is 0 Å². The molecule has 0 spiro atoms. The molecule has 0 bridgehead atoms. The van der Waals surface area contributed by atoms with Gasteiger partial charge in [-0.15, -0.1) is 0 Å². The molecule has 11 heteroatoms.